The van der Waals surface area contributed by atoms with Crippen molar-refractivity contribution in [1.29, 1.82) is 0 Å². The summed E-state index contributed by atoms with van der Waals surface area (Å²) in [6.45, 7) is 0. The largest absolute Gasteiger partial charge is 0.383 e. The molecule has 153 valence electrons. The Hall–Kier alpha value is -3.61. The van der Waals surface area contributed by atoms with Crippen LogP contribution in [0.5, 0.6) is 0 Å². The van der Waals surface area contributed by atoms with E-state index < -0.39 is 35.2 Å². The van der Waals surface area contributed by atoms with E-state index in [1.165, 1.54) is 36.4 Å². The summed E-state index contributed by atoms with van der Waals surface area (Å²) < 4.78 is 4.62. The molecule has 0 aliphatic carbocycles. The minimum absolute atomic E-state index is 0. The van der Waals surface area contributed by atoms with Crippen LogP contribution in [-0.4, -0.2) is 29.3 Å². The van der Waals surface area contributed by atoms with E-state index in [-0.39, 0.29) is 35.2 Å². The first-order valence-corrected chi connectivity index (χ1v) is 9.03. The molecule has 0 bridgehead atoms. The van der Waals surface area contributed by atoms with Gasteiger partial charge in [0.25, 0.3) is 5.78 Å². The fourth-order valence-electron chi connectivity index (χ4n) is 2.78. The van der Waals surface area contributed by atoms with Gasteiger partial charge in [-0.25, -0.2) is 9.59 Å². The molecule has 0 spiro atoms. The number of ketones is 3. The monoisotopic (exact) mass is 451 g/mol. The Morgan fingerprint density at radius 2 is 0.903 bits per heavy atom. The molecule has 0 saturated carbocycles. The molecule has 0 aromatic heterocycles. The number of carbonyl (C=O) groups excluding carboxylic acids is 5. The maximum atomic E-state index is 12.9. The third-order valence-electron chi connectivity index (χ3n) is 4.30. The Morgan fingerprint density at radius 1 is 0.548 bits per heavy atom. The second-order valence-electron chi connectivity index (χ2n) is 6.30. The van der Waals surface area contributed by atoms with E-state index in [1.54, 1.807) is 54.6 Å². The molecule has 1 radical (unpaired) electrons. The zero-order valence-electron chi connectivity index (χ0n) is 16.1. The van der Waals surface area contributed by atoms with Crippen LogP contribution >= 0.6 is 0 Å². The molecule has 31 heavy (non-hydrogen) atoms. The molecule has 0 fully saturated rings. The molecule has 3 aromatic rings. The number of rotatable bonds is 7. The molecule has 0 aliphatic heterocycles. The average molecular weight is 451 g/mol. The van der Waals surface area contributed by atoms with Crippen molar-refractivity contribution in [3.8, 4) is 0 Å². The second kappa shape index (κ2) is 11.0. The average Bonchev–Trinajstić information content (AvgIpc) is 2.80. The van der Waals surface area contributed by atoms with E-state index in [0.29, 0.717) is 0 Å². The quantitative estimate of drug-likeness (QED) is 0.237. The summed E-state index contributed by atoms with van der Waals surface area (Å²) >= 11 is 0. The van der Waals surface area contributed by atoms with Crippen LogP contribution in [0.3, 0.4) is 0 Å². The van der Waals surface area contributed by atoms with E-state index in [2.05, 4.69) is 4.74 Å². The van der Waals surface area contributed by atoms with Gasteiger partial charge in [0.1, 0.15) is 0 Å². The van der Waals surface area contributed by atoms with Crippen molar-refractivity contribution in [2.75, 3.05) is 0 Å². The SMILES string of the molecule is O=C(OC(=O)c1ccccc1)C(=O)C(C(=O)c1ccccc1)C(=O)c1ccccc1.[V]. The predicted molar refractivity (Wildman–Crippen MR) is 107 cm³/mol. The van der Waals surface area contributed by atoms with Crippen molar-refractivity contribution in [2.45, 2.75) is 0 Å². The van der Waals surface area contributed by atoms with Crippen molar-refractivity contribution in [3.05, 3.63) is 108 Å². The summed E-state index contributed by atoms with van der Waals surface area (Å²) in [6, 6.07) is 22.9. The molecule has 0 heterocycles. The first-order valence-electron chi connectivity index (χ1n) is 9.03. The summed E-state index contributed by atoms with van der Waals surface area (Å²) in [6.07, 6.45) is 0. The van der Waals surface area contributed by atoms with Crippen LogP contribution in [-0.2, 0) is 32.9 Å². The third kappa shape index (κ3) is 5.72. The number of carbonyl (C=O) groups is 5. The van der Waals surface area contributed by atoms with Gasteiger partial charge in [0, 0.05) is 29.7 Å². The number of esters is 2. The van der Waals surface area contributed by atoms with Gasteiger partial charge in [-0.1, -0.05) is 78.9 Å². The molecular formula is C24H16O6V. The molecule has 0 saturated heterocycles. The van der Waals surface area contributed by atoms with E-state index in [4.69, 9.17) is 0 Å². The Kier molecular flexibility index (Phi) is 8.37. The number of hydrogen-bond acceptors (Lipinski definition) is 6. The van der Waals surface area contributed by atoms with Gasteiger partial charge >= 0.3 is 11.9 Å². The Morgan fingerprint density at radius 3 is 1.29 bits per heavy atom. The molecule has 0 N–H and O–H groups in total. The fraction of sp³-hybridized carbons (Fsp3) is 0.0417. The fourth-order valence-corrected chi connectivity index (χ4v) is 2.78. The second-order valence-corrected chi connectivity index (χ2v) is 6.30. The molecule has 0 aliphatic rings. The number of Topliss-reactive ketones (excluding diaryl/α,β-unsaturated/α-hetero) is 3. The van der Waals surface area contributed by atoms with Crippen LogP contribution in [0.4, 0.5) is 0 Å². The van der Waals surface area contributed by atoms with Crippen molar-refractivity contribution in [2.24, 2.45) is 5.92 Å². The zero-order valence-corrected chi connectivity index (χ0v) is 17.5. The van der Waals surface area contributed by atoms with Gasteiger partial charge in [-0.05, 0) is 12.1 Å². The molecular weight excluding hydrogens is 435 g/mol. The van der Waals surface area contributed by atoms with E-state index in [0.717, 1.165) is 0 Å². The maximum absolute atomic E-state index is 12.9. The predicted octanol–water partition coefficient (Wildman–Crippen LogP) is 3.32. The number of hydrogen-bond donors (Lipinski definition) is 0. The molecule has 0 unspecified atom stereocenters. The van der Waals surface area contributed by atoms with E-state index in [9.17, 15) is 24.0 Å². The van der Waals surface area contributed by atoms with Crippen molar-refractivity contribution >= 4 is 29.3 Å². The topological polar surface area (TPSA) is 94.6 Å². The standard InChI is InChI=1S/C24H16O6.V/c25-20(16-10-4-1-5-11-16)19(21(26)17-12-6-2-7-13-17)22(27)24(29)30-23(28)18-14-8-3-9-15-18;/h1-15,19H;. The van der Waals surface area contributed by atoms with Crippen LogP contribution in [0.15, 0.2) is 91.0 Å². The number of ether oxygens (including phenoxy) is 1. The maximum Gasteiger partial charge on any atom is 0.383 e. The Labute approximate surface area is 190 Å². The molecule has 3 rings (SSSR count). The Balaban J connectivity index is 0.00000341. The zero-order chi connectivity index (χ0) is 21.5. The first-order chi connectivity index (χ1) is 14.5. The molecule has 3 aromatic carbocycles. The van der Waals surface area contributed by atoms with Crippen LogP contribution in [0.1, 0.15) is 31.1 Å². The van der Waals surface area contributed by atoms with Gasteiger partial charge in [0.2, 0.25) is 0 Å². The third-order valence-corrected chi connectivity index (χ3v) is 4.30. The van der Waals surface area contributed by atoms with Crippen LogP contribution in [0, 0.1) is 5.92 Å². The summed E-state index contributed by atoms with van der Waals surface area (Å²) in [5.74, 6) is -7.67. The summed E-state index contributed by atoms with van der Waals surface area (Å²) in [5, 5.41) is 0. The van der Waals surface area contributed by atoms with Gasteiger partial charge < -0.3 is 4.74 Å². The minimum atomic E-state index is -1.95. The Bertz CT molecular complexity index is 1040. The minimum Gasteiger partial charge on any atom is -0.383 e. The van der Waals surface area contributed by atoms with Gasteiger partial charge in [-0.2, -0.15) is 0 Å². The van der Waals surface area contributed by atoms with Gasteiger partial charge in [0.15, 0.2) is 17.5 Å². The van der Waals surface area contributed by atoms with Gasteiger partial charge in [-0.15, -0.1) is 0 Å². The van der Waals surface area contributed by atoms with E-state index in [1.807, 2.05) is 0 Å². The van der Waals surface area contributed by atoms with Crippen molar-refractivity contribution in [1.82, 2.24) is 0 Å². The van der Waals surface area contributed by atoms with Crippen LogP contribution < -0.4 is 0 Å². The van der Waals surface area contributed by atoms with Crippen molar-refractivity contribution in [3.63, 3.8) is 0 Å². The van der Waals surface area contributed by atoms with Crippen LogP contribution in [0.2, 0.25) is 0 Å². The van der Waals surface area contributed by atoms with Crippen molar-refractivity contribution < 1.29 is 47.3 Å². The van der Waals surface area contributed by atoms with Gasteiger partial charge in [-0.3, -0.25) is 14.4 Å². The normalized spacial score (nSPS) is 9.97. The molecule has 0 atom stereocenters. The molecule has 0 amide bonds. The molecule has 7 heteroatoms. The number of benzene rings is 3. The van der Waals surface area contributed by atoms with Crippen LogP contribution in [0.25, 0.3) is 0 Å². The summed E-state index contributed by atoms with van der Waals surface area (Å²) in [5.41, 5.74) is 0.226. The molecule has 6 nitrogen and oxygen atoms in total. The smallest absolute Gasteiger partial charge is 0.383 e. The first kappa shape index (κ1) is 23.7. The van der Waals surface area contributed by atoms with Gasteiger partial charge in [0.05, 0.1) is 5.56 Å². The summed E-state index contributed by atoms with van der Waals surface area (Å²) in [4.78, 5) is 63.1. The van der Waals surface area contributed by atoms with E-state index >= 15 is 0 Å². The summed E-state index contributed by atoms with van der Waals surface area (Å²) in [7, 11) is 0.